The molecule has 0 aromatic heterocycles. The molecule has 1 N–H and O–H groups in total. The van der Waals surface area contributed by atoms with Crippen molar-refractivity contribution in [1.82, 2.24) is 5.32 Å². The summed E-state index contributed by atoms with van der Waals surface area (Å²) < 4.78 is 17.5. The summed E-state index contributed by atoms with van der Waals surface area (Å²) in [5, 5.41) is 3.92. The maximum atomic E-state index is 12.0. The second kappa shape index (κ2) is 6.81. The Hall–Kier alpha value is -1.46. The predicted molar refractivity (Wildman–Crippen MR) is 108 cm³/mol. The summed E-state index contributed by atoms with van der Waals surface area (Å²) >= 11 is 6.39. The minimum absolute atomic E-state index is 0.0450. The quantitative estimate of drug-likeness (QED) is 0.804. The van der Waals surface area contributed by atoms with Gasteiger partial charge in [-0.3, -0.25) is 4.79 Å². The number of methoxy groups -OCH3 is 2. The highest BCUT2D eigenvalue weighted by atomic mass is 35.5. The first kappa shape index (κ1) is 19.8. The van der Waals surface area contributed by atoms with E-state index in [2.05, 4.69) is 19.2 Å². The van der Waals surface area contributed by atoms with Crippen LogP contribution < -0.4 is 14.8 Å². The minimum Gasteiger partial charge on any atom is -0.493 e. The maximum absolute atomic E-state index is 12.0. The molecule has 154 valence electrons. The number of benzene rings is 1. The molecule has 2 saturated carbocycles. The van der Waals surface area contributed by atoms with Gasteiger partial charge in [0.1, 0.15) is 0 Å². The zero-order valence-corrected chi connectivity index (χ0v) is 18.1. The van der Waals surface area contributed by atoms with Crippen LogP contribution in [0.15, 0.2) is 12.1 Å². The number of ether oxygens (including phenoxy) is 3. The molecule has 1 saturated heterocycles. The van der Waals surface area contributed by atoms with Crippen LogP contribution in [0.3, 0.4) is 0 Å². The van der Waals surface area contributed by atoms with E-state index in [0.29, 0.717) is 35.0 Å². The summed E-state index contributed by atoms with van der Waals surface area (Å²) in [6.07, 6.45) is 3.08. The Bertz CT molecular complexity index is 795. The Morgan fingerprint density at radius 2 is 2.04 bits per heavy atom. The van der Waals surface area contributed by atoms with E-state index >= 15 is 0 Å². The zero-order chi connectivity index (χ0) is 20.3. The molecule has 4 rings (SSSR count). The number of carbonyl (C=O) groups excluding carboxylic acids is 1. The van der Waals surface area contributed by atoms with E-state index in [4.69, 9.17) is 25.8 Å². The molecule has 1 heterocycles. The van der Waals surface area contributed by atoms with E-state index in [1.165, 1.54) is 0 Å². The van der Waals surface area contributed by atoms with Crippen molar-refractivity contribution in [3.8, 4) is 11.5 Å². The molecular weight excluding hydrogens is 378 g/mol. The van der Waals surface area contributed by atoms with Crippen molar-refractivity contribution >= 4 is 17.5 Å². The topological polar surface area (TPSA) is 56.8 Å². The Morgan fingerprint density at radius 3 is 2.68 bits per heavy atom. The van der Waals surface area contributed by atoms with Gasteiger partial charge in [-0.05, 0) is 48.0 Å². The molecule has 1 spiro atoms. The van der Waals surface area contributed by atoms with E-state index in [9.17, 15) is 4.79 Å². The van der Waals surface area contributed by atoms with Crippen molar-refractivity contribution in [2.45, 2.75) is 52.2 Å². The number of amides is 1. The molecule has 1 aromatic rings. The van der Waals surface area contributed by atoms with E-state index in [1.54, 1.807) is 27.2 Å². The third-order valence-electron chi connectivity index (χ3n) is 7.63. The van der Waals surface area contributed by atoms with Gasteiger partial charge in [-0.1, -0.05) is 25.4 Å². The fourth-order valence-corrected chi connectivity index (χ4v) is 6.69. The molecule has 5 nitrogen and oxygen atoms in total. The van der Waals surface area contributed by atoms with Gasteiger partial charge in [-0.15, -0.1) is 0 Å². The van der Waals surface area contributed by atoms with E-state index < -0.39 is 0 Å². The average Bonchev–Trinajstić information content (AvgIpc) is 3.13. The summed E-state index contributed by atoms with van der Waals surface area (Å²) in [5.74, 6) is 2.23. The normalized spacial score (nSPS) is 35.4. The molecule has 5 atom stereocenters. The lowest BCUT2D eigenvalue weighted by Gasteiger charge is -2.53. The van der Waals surface area contributed by atoms with Gasteiger partial charge in [-0.25, -0.2) is 0 Å². The summed E-state index contributed by atoms with van der Waals surface area (Å²) in [5.41, 5.74) is 1.08. The van der Waals surface area contributed by atoms with Gasteiger partial charge in [0.05, 0.1) is 20.3 Å². The fourth-order valence-electron chi connectivity index (χ4n) is 6.47. The Morgan fingerprint density at radius 1 is 1.29 bits per heavy atom. The molecule has 28 heavy (non-hydrogen) atoms. The van der Waals surface area contributed by atoms with Gasteiger partial charge in [0.2, 0.25) is 5.91 Å². The minimum atomic E-state index is -0.117. The molecule has 3 fully saturated rings. The van der Waals surface area contributed by atoms with Crippen molar-refractivity contribution < 1.29 is 19.0 Å². The standard InChI is InChI=1S/C22H30ClNO4/c1-12(25)24-20-21(2,3)13-8-16-18(28-7-6-22(16,20)11-13)15-9-14(23)10-17(26-4)19(15)27-5/h9-10,13,16,18,20H,6-8,11H2,1-5H3,(H,24,25)/t13-,16-,18-,20-,22-/m1/s1. The van der Waals surface area contributed by atoms with Crippen molar-refractivity contribution in [2.75, 3.05) is 20.8 Å². The molecule has 1 aliphatic heterocycles. The van der Waals surface area contributed by atoms with Gasteiger partial charge in [0, 0.05) is 36.2 Å². The molecule has 3 aliphatic rings. The number of nitrogens with one attached hydrogen (secondary N) is 1. The molecule has 2 aliphatic carbocycles. The number of fused-ring (bicyclic) bond motifs is 1. The Balaban J connectivity index is 1.78. The highest BCUT2D eigenvalue weighted by Crippen LogP contribution is 2.71. The van der Waals surface area contributed by atoms with Crippen molar-refractivity contribution in [3.63, 3.8) is 0 Å². The third-order valence-corrected chi connectivity index (χ3v) is 7.85. The van der Waals surface area contributed by atoms with Crippen LogP contribution in [0.5, 0.6) is 11.5 Å². The van der Waals surface area contributed by atoms with Crippen LogP contribution in [0.25, 0.3) is 0 Å². The SMILES string of the molecule is COc1cc(Cl)cc([C@H]2OCC[C@@]34C[C@@H](C[C@H]23)C(C)(C)[C@H]4NC(C)=O)c1OC. The van der Waals surface area contributed by atoms with Crippen LogP contribution in [-0.2, 0) is 9.53 Å². The van der Waals surface area contributed by atoms with E-state index in [-0.39, 0.29) is 28.9 Å². The lowest BCUT2D eigenvalue weighted by atomic mass is 9.58. The number of hydrogen-bond acceptors (Lipinski definition) is 4. The van der Waals surface area contributed by atoms with Crippen molar-refractivity contribution in [3.05, 3.63) is 22.7 Å². The van der Waals surface area contributed by atoms with Crippen LogP contribution in [-0.4, -0.2) is 32.8 Å². The molecule has 2 bridgehead atoms. The largest absolute Gasteiger partial charge is 0.493 e. The van der Waals surface area contributed by atoms with Crippen LogP contribution >= 0.6 is 11.6 Å². The lowest BCUT2D eigenvalue weighted by Crippen LogP contribution is -2.58. The third kappa shape index (κ3) is 2.73. The highest BCUT2D eigenvalue weighted by molar-refractivity contribution is 6.30. The summed E-state index contributed by atoms with van der Waals surface area (Å²) in [6, 6.07) is 3.86. The van der Waals surface area contributed by atoms with Crippen LogP contribution in [0.2, 0.25) is 5.02 Å². The van der Waals surface area contributed by atoms with Crippen molar-refractivity contribution in [1.29, 1.82) is 0 Å². The van der Waals surface area contributed by atoms with Crippen LogP contribution in [0, 0.1) is 22.7 Å². The number of rotatable bonds is 4. The molecule has 1 aromatic carbocycles. The molecular formula is C22H30ClNO4. The van der Waals surface area contributed by atoms with E-state index in [1.807, 2.05) is 6.07 Å². The number of halogens is 1. The Kier molecular flexibility index (Phi) is 4.82. The molecule has 0 radical (unpaired) electrons. The van der Waals surface area contributed by atoms with Gasteiger partial charge >= 0.3 is 0 Å². The second-order valence-electron chi connectivity index (χ2n) is 9.20. The first-order valence-electron chi connectivity index (χ1n) is 10.0. The van der Waals surface area contributed by atoms with Crippen molar-refractivity contribution in [2.24, 2.45) is 22.7 Å². The summed E-state index contributed by atoms with van der Waals surface area (Å²) in [4.78, 5) is 12.0. The number of carbonyl (C=O) groups is 1. The van der Waals surface area contributed by atoms with Crippen LogP contribution in [0.1, 0.15) is 51.7 Å². The molecule has 0 unspecified atom stereocenters. The van der Waals surface area contributed by atoms with Gasteiger partial charge < -0.3 is 19.5 Å². The van der Waals surface area contributed by atoms with E-state index in [0.717, 1.165) is 24.8 Å². The van der Waals surface area contributed by atoms with Gasteiger partial charge in [-0.2, -0.15) is 0 Å². The maximum Gasteiger partial charge on any atom is 0.217 e. The van der Waals surface area contributed by atoms with Gasteiger partial charge in [0.25, 0.3) is 0 Å². The molecule has 6 heteroatoms. The first-order valence-corrected chi connectivity index (χ1v) is 10.4. The highest BCUT2D eigenvalue weighted by Gasteiger charge is 2.68. The van der Waals surface area contributed by atoms with Gasteiger partial charge in [0.15, 0.2) is 11.5 Å². The zero-order valence-electron chi connectivity index (χ0n) is 17.3. The predicted octanol–water partition coefficient (Wildman–Crippen LogP) is 4.38. The summed E-state index contributed by atoms with van der Waals surface area (Å²) in [6.45, 7) is 6.89. The second-order valence-corrected chi connectivity index (χ2v) is 9.64. The van der Waals surface area contributed by atoms with Crippen LogP contribution in [0.4, 0.5) is 0 Å². The fraction of sp³-hybridized carbons (Fsp3) is 0.682. The Labute approximate surface area is 172 Å². The number of hydrogen-bond donors (Lipinski definition) is 1. The summed E-state index contributed by atoms with van der Waals surface area (Å²) in [7, 11) is 3.27. The average molecular weight is 408 g/mol. The first-order chi connectivity index (χ1) is 13.2. The monoisotopic (exact) mass is 407 g/mol. The lowest BCUT2D eigenvalue weighted by molar-refractivity contribution is -0.136. The molecule has 1 amide bonds. The smallest absolute Gasteiger partial charge is 0.217 e.